The molecule has 384 valence electrons. The highest BCUT2D eigenvalue weighted by Gasteiger charge is 2.51. The van der Waals surface area contributed by atoms with Crippen molar-refractivity contribution in [3.8, 4) is 0 Å². The van der Waals surface area contributed by atoms with Gasteiger partial charge in [-0.2, -0.15) is 0 Å². The maximum Gasteiger partial charge on any atom is 0.220 e. The van der Waals surface area contributed by atoms with Gasteiger partial charge in [0.2, 0.25) is 5.91 Å². The standard InChI is InChI=1S/C52H93NO13/c1-3-5-7-9-11-13-15-17-19-20-22-23-25-27-29-31-33-35-41(56)40(53-44(57)36-34-32-30-28-26-24-21-18-16-14-12-10-8-6-4-2)39-63-51-49(62)47(60)50(43(38-55)65-51)66-52-48(61)46(59)45(58)42(37-54)64-52/h12,14,18,21,25,27,33,35,40-43,45-52,54-56,58-62H,3-11,13,15-17,19-20,22-24,26,28-32,34,36-39H2,1-2H3,(H,53,57)/b14-12-,21-18-,27-25+,35-33+. The van der Waals surface area contributed by atoms with Crippen molar-refractivity contribution < 1.29 is 64.6 Å². The van der Waals surface area contributed by atoms with Crippen LogP contribution in [0, 0.1) is 0 Å². The van der Waals surface area contributed by atoms with Gasteiger partial charge >= 0.3 is 0 Å². The first kappa shape index (κ1) is 60.1. The van der Waals surface area contributed by atoms with Crippen LogP contribution in [-0.2, 0) is 23.7 Å². The van der Waals surface area contributed by atoms with Crippen LogP contribution < -0.4 is 5.32 Å². The first-order chi connectivity index (χ1) is 32.1. The molecule has 14 heteroatoms. The van der Waals surface area contributed by atoms with Crippen LogP contribution >= 0.6 is 0 Å². The molecule has 12 unspecified atom stereocenters. The molecule has 0 saturated carbocycles. The van der Waals surface area contributed by atoms with Crippen LogP contribution in [0.5, 0.6) is 0 Å². The predicted molar refractivity (Wildman–Crippen MR) is 258 cm³/mol. The van der Waals surface area contributed by atoms with Crippen molar-refractivity contribution in [1.29, 1.82) is 0 Å². The van der Waals surface area contributed by atoms with Crippen molar-refractivity contribution in [2.75, 3.05) is 19.8 Å². The van der Waals surface area contributed by atoms with E-state index in [1.165, 1.54) is 89.9 Å². The quantitative estimate of drug-likeness (QED) is 0.0227. The summed E-state index contributed by atoms with van der Waals surface area (Å²) in [5, 5.41) is 86.7. The highest BCUT2D eigenvalue weighted by molar-refractivity contribution is 5.76. The van der Waals surface area contributed by atoms with Gasteiger partial charge in [-0.1, -0.05) is 159 Å². The molecule has 9 N–H and O–H groups in total. The molecule has 1 amide bonds. The van der Waals surface area contributed by atoms with E-state index in [2.05, 4.69) is 55.6 Å². The average Bonchev–Trinajstić information content (AvgIpc) is 3.31. The molecule has 0 radical (unpaired) electrons. The lowest BCUT2D eigenvalue weighted by Crippen LogP contribution is -2.65. The molecule has 2 rings (SSSR count). The van der Waals surface area contributed by atoms with Crippen LogP contribution in [0.15, 0.2) is 48.6 Å². The molecular weight excluding hydrogens is 847 g/mol. The minimum absolute atomic E-state index is 0.256. The van der Waals surface area contributed by atoms with Crippen molar-refractivity contribution in [3.63, 3.8) is 0 Å². The van der Waals surface area contributed by atoms with Gasteiger partial charge in [-0.15, -0.1) is 0 Å². The minimum atomic E-state index is -1.79. The normalized spacial score (nSPS) is 27.2. The van der Waals surface area contributed by atoms with E-state index in [0.29, 0.717) is 12.8 Å². The molecule has 0 aromatic rings. The highest BCUT2D eigenvalue weighted by Crippen LogP contribution is 2.30. The van der Waals surface area contributed by atoms with Crippen LogP contribution in [0.3, 0.4) is 0 Å². The van der Waals surface area contributed by atoms with Gasteiger partial charge < -0.3 is 65.1 Å². The Morgan fingerprint density at radius 1 is 0.545 bits per heavy atom. The largest absolute Gasteiger partial charge is 0.394 e. The van der Waals surface area contributed by atoms with Gasteiger partial charge in [0.15, 0.2) is 12.6 Å². The van der Waals surface area contributed by atoms with Crippen molar-refractivity contribution >= 4 is 5.91 Å². The lowest BCUT2D eigenvalue weighted by molar-refractivity contribution is -0.359. The molecule has 2 heterocycles. The molecule has 2 aliphatic heterocycles. The summed E-state index contributed by atoms with van der Waals surface area (Å²) in [6.07, 6.45) is 28.6. The maximum atomic E-state index is 13.2. The molecule has 0 aromatic heterocycles. The van der Waals surface area contributed by atoms with Gasteiger partial charge in [-0.25, -0.2) is 0 Å². The smallest absolute Gasteiger partial charge is 0.220 e. The molecule has 12 atom stereocenters. The molecule has 0 bridgehead atoms. The number of rotatable bonds is 39. The van der Waals surface area contributed by atoms with E-state index in [-0.39, 0.29) is 18.9 Å². The number of allylic oxidation sites excluding steroid dienone is 7. The fourth-order valence-electron chi connectivity index (χ4n) is 8.22. The summed E-state index contributed by atoms with van der Waals surface area (Å²) in [6, 6.07) is -0.938. The number of carbonyl (C=O) groups is 1. The van der Waals surface area contributed by atoms with Crippen molar-refractivity contribution in [2.45, 2.75) is 254 Å². The average molecular weight is 940 g/mol. The monoisotopic (exact) mass is 940 g/mol. The van der Waals surface area contributed by atoms with Crippen molar-refractivity contribution in [1.82, 2.24) is 5.32 Å². The minimum Gasteiger partial charge on any atom is -0.394 e. The first-order valence-electron chi connectivity index (χ1n) is 25.9. The molecule has 14 nitrogen and oxygen atoms in total. The lowest BCUT2D eigenvalue weighted by atomic mass is 9.97. The van der Waals surface area contributed by atoms with Crippen molar-refractivity contribution in [3.05, 3.63) is 48.6 Å². The SMILES string of the molecule is CCCCC/C=C\C/C=C\CCCCCCCC(=O)NC(COC1OC(CO)C(OC2OC(CO)C(O)C(O)C2O)C(O)C1O)C(O)/C=C/CC/C=C/CCCCCCCCCCCCC. The molecular formula is C52H93NO13. The van der Waals surface area contributed by atoms with Gasteiger partial charge in [-0.05, 0) is 64.2 Å². The Hall–Kier alpha value is -2.05. The number of hydrogen-bond acceptors (Lipinski definition) is 13. The Morgan fingerprint density at radius 3 is 1.61 bits per heavy atom. The molecule has 0 spiro atoms. The zero-order valence-electron chi connectivity index (χ0n) is 40.7. The van der Waals surface area contributed by atoms with Crippen molar-refractivity contribution in [2.24, 2.45) is 0 Å². The third-order valence-corrected chi connectivity index (χ3v) is 12.5. The Kier molecular flexibility index (Phi) is 35.3. The second kappa shape index (κ2) is 38.8. The van der Waals surface area contributed by atoms with Crippen LogP contribution in [0.4, 0.5) is 0 Å². The molecule has 2 aliphatic rings. The molecule has 2 fully saturated rings. The zero-order valence-corrected chi connectivity index (χ0v) is 40.7. The van der Waals surface area contributed by atoms with E-state index >= 15 is 0 Å². The van der Waals surface area contributed by atoms with Crippen LogP contribution in [0.1, 0.15) is 181 Å². The maximum absolute atomic E-state index is 13.2. The number of hydrogen-bond donors (Lipinski definition) is 9. The summed E-state index contributed by atoms with van der Waals surface area (Å²) in [6.45, 7) is 2.72. The van der Waals surface area contributed by atoms with Gasteiger partial charge in [0, 0.05) is 6.42 Å². The Balaban J connectivity index is 1.87. The van der Waals surface area contributed by atoms with Gasteiger partial charge in [0.1, 0.15) is 48.8 Å². The first-order valence-corrected chi connectivity index (χ1v) is 25.9. The number of aliphatic hydroxyl groups excluding tert-OH is 8. The van der Waals surface area contributed by atoms with E-state index in [0.717, 1.165) is 57.8 Å². The summed E-state index contributed by atoms with van der Waals surface area (Å²) < 4.78 is 22.7. The van der Waals surface area contributed by atoms with Gasteiger partial charge in [0.05, 0.1) is 32.0 Å². The second-order valence-corrected chi connectivity index (χ2v) is 18.3. The van der Waals surface area contributed by atoms with Gasteiger partial charge in [-0.3, -0.25) is 4.79 Å². The summed E-state index contributed by atoms with van der Waals surface area (Å²) >= 11 is 0. The molecule has 0 aromatic carbocycles. The van der Waals surface area contributed by atoms with E-state index in [1.807, 2.05) is 6.08 Å². The highest BCUT2D eigenvalue weighted by atomic mass is 16.7. The van der Waals surface area contributed by atoms with Crippen LogP contribution in [0.25, 0.3) is 0 Å². The summed E-state index contributed by atoms with van der Waals surface area (Å²) in [7, 11) is 0. The number of ether oxygens (including phenoxy) is 4. The summed E-state index contributed by atoms with van der Waals surface area (Å²) in [5.41, 5.74) is 0. The third-order valence-electron chi connectivity index (χ3n) is 12.5. The molecule has 66 heavy (non-hydrogen) atoms. The fourth-order valence-corrected chi connectivity index (χ4v) is 8.22. The van der Waals surface area contributed by atoms with E-state index in [1.54, 1.807) is 6.08 Å². The van der Waals surface area contributed by atoms with E-state index < -0.39 is 86.8 Å². The Bertz CT molecular complexity index is 1290. The summed E-state index contributed by atoms with van der Waals surface area (Å²) in [4.78, 5) is 13.2. The molecule has 0 aliphatic carbocycles. The lowest BCUT2D eigenvalue weighted by Gasteiger charge is -2.46. The summed E-state index contributed by atoms with van der Waals surface area (Å²) in [5.74, 6) is -0.265. The van der Waals surface area contributed by atoms with E-state index in [9.17, 15) is 45.6 Å². The Morgan fingerprint density at radius 2 is 1.02 bits per heavy atom. The third kappa shape index (κ3) is 25.5. The number of carbonyl (C=O) groups excluding carboxylic acids is 1. The molecule has 2 saturated heterocycles. The number of aliphatic hydroxyl groups is 8. The topological polar surface area (TPSA) is 228 Å². The number of nitrogens with one attached hydrogen (secondary N) is 1. The van der Waals surface area contributed by atoms with Gasteiger partial charge in [0.25, 0.3) is 0 Å². The van der Waals surface area contributed by atoms with E-state index in [4.69, 9.17) is 18.9 Å². The zero-order chi connectivity index (χ0) is 48.2. The number of unbranched alkanes of at least 4 members (excludes halogenated alkanes) is 20. The van der Waals surface area contributed by atoms with Crippen LogP contribution in [0.2, 0.25) is 0 Å². The second-order valence-electron chi connectivity index (χ2n) is 18.3. The van der Waals surface area contributed by atoms with Crippen LogP contribution in [-0.4, -0.2) is 140 Å². The Labute approximate surface area is 397 Å². The predicted octanol–water partition coefficient (Wildman–Crippen LogP) is 6.88. The fraction of sp³-hybridized carbons (Fsp3) is 0.827. The number of amides is 1.